The molecule has 0 unspecified atom stereocenters. The Morgan fingerprint density at radius 3 is 1.81 bits per heavy atom. The molecule has 0 saturated carbocycles. The molecule has 21 heavy (non-hydrogen) atoms. The standard InChI is InChI=1S/C13H25F2O5P/c1-9(2)12(10(3)4,7-5-6-8-16)11(17)13(14,15)21(18,19)20/h9-10,16H,5-8H2,1-4H3,(H2,18,19,20). The van der Waals surface area contributed by atoms with E-state index in [0.717, 1.165) is 0 Å². The zero-order valence-electron chi connectivity index (χ0n) is 12.8. The molecule has 0 aliphatic heterocycles. The lowest BCUT2D eigenvalue weighted by Gasteiger charge is -2.42. The maximum atomic E-state index is 13.9. The Morgan fingerprint density at radius 1 is 1.10 bits per heavy atom. The van der Waals surface area contributed by atoms with Gasteiger partial charge in [0.25, 0.3) is 0 Å². The minimum atomic E-state index is -5.87. The first-order chi connectivity index (χ1) is 9.35. The summed E-state index contributed by atoms with van der Waals surface area (Å²) < 4.78 is 38.8. The van der Waals surface area contributed by atoms with Crippen molar-refractivity contribution in [2.24, 2.45) is 17.3 Å². The summed E-state index contributed by atoms with van der Waals surface area (Å²) in [5.41, 5.74) is -6.24. The molecule has 0 aromatic carbocycles. The number of ketones is 1. The fraction of sp³-hybridized carbons (Fsp3) is 0.923. The number of hydrogen-bond donors (Lipinski definition) is 3. The van der Waals surface area contributed by atoms with E-state index in [-0.39, 0.29) is 13.0 Å². The van der Waals surface area contributed by atoms with Crippen LogP contribution in [0, 0.1) is 17.3 Å². The van der Waals surface area contributed by atoms with Gasteiger partial charge in [0.2, 0.25) is 5.78 Å². The lowest BCUT2D eigenvalue weighted by Crippen LogP contribution is -2.49. The van der Waals surface area contributed by atoms with Crippen molar-refractivity contribution in [1.82, 2.24) is 0 Å². The molecule has 8 heteroatoms. The van der Waals surface area contributed by atoms with Crippen molar-refractivity contribution in [2.45, 2.75) is 52.6 Å². The van der Waals surface area contributed by atoms with Gasteiger partial charge in [-0.1, -0.05) is 34.1 Å². The largest absolute Gasteiger partial charge is 0.403 e. The Balaban J connectivity index is 5.79. The lowest BCUT2D eigenvalue weighted by atomic mass is 9.63. The van der Waals surface area contributed by atoms with Gasteiger partial charge in [-0.25, -0.2) is 0 Å². The number of unbranched alkanes of at least 4 members (excludes halogenated alkanes) is 1. The van der Waals surface area contributed by atoms with Crippen molar-refractivity contribution in [3.63, 3.8) is 0 Å². The quantitative estimate of drug-likeness (QED) is 0.446. The smallest absolute Gasteiger partial charge is 0.396 e. The first-order valence-corrected chi connectivity index (χ1v) is 8.56. The van der Waals surface area contributed by atoms with E-state index in [2.05, 4.69) is 0 Å². The second kappa shape index (κ2) is 7.27. The van der Waals surface area contributed by atoms with E-state index < -0.39 is 36.3 Å². The van der Waals surface area contributed by atoms with Crippen LogP contribution in [0.25, 0.3) is 0 Å². The molecule has 0 saturated heterocycles. The number of carbonyl (C=O) groups is 1. The summed E-state index contributed by atoms with van der Waals surface area (Å²) in [6, 6.07) is 0. The van der Waals surface area contributed by atoms with Crippen LogP contribution >= 0.6 is 7.60 Å². The molecule has 0 rings (SSSR count). The topological polar surface area (TPSA) is 94.8 Å². The van der Waals surface area contributed by atoms with Crippen LogP contribution in [0.1, 0.15) is 47.0 Å². The molecule has 3 N–H and O–H groups in total. The number of hydrogen-bond acceptors (Lipinski definition) is 3. The van der Waals surface area contributed by atoms with Gasteiger partial charge in [0, 0.05) is 12.0 Å². The molecule has 0 aliphatic rings. The Kier molecular flexibility index (Phi) is 7.14. The maximum absolute atomic E-state index is 13.9. The molecule has 0 fully saturated rings. The van der Waals surface area contributed by atoms with Crippen molar-refractivity contribution in [3.05, 3.63) is 0 Å². The van der Waals surface area contributed by atoms with Crippen molar-refractivity contribution >= 4 is 13.4 Å². The summed E-state index contributed by atoms with van der Waals surface area (Å²) in [5, 5.41) is 8.81. The molecule has 0 aliphatic carbocycles. The molecule has 126 valence electrons. The molecular weight excluding hydrogens is 305 g/mol. The summed E-state index contributed by atoms with van der Waals surface area (Å²) in [6.45, 7) is 6.23. The summed E-state index contributed by atoms with van der Waals surface area (Å²) in [4.78, 5) is 29.9. The summed E-state index contributed by atoms with van der Waals surface area (Å²) in [6.07, 6.45) is 0.725. The maximum Gasteiger partial charge on any atom is 0.403 e. The fourth-order valence-corrected chi connectivity index (χ4v) is 3.30. The van der Waals surface area contributed by atoms with E-state index in [1.807, 2.05) is 0 Å². The van der Waals surface area contributed by atoms with E-state index >= 15 is 0 Å². The van der Waals surface area contributed by atoms with Crippen LogP contribution in [0.5, 0.6) is 0 Å². The first kappa shape index (κ1) is 20.6. The summed E-state index contributed by atoms with van der Waals surface area (Å²) >= 11 is 0. The third-order valence-corrected chi connectivity index (χ3v) is 5.06. The molecule has 0 atom stereocenters. The SMILES string of the molecule is CC(C)C(CCCCO)(C(=O)C(F)(F)P(=O)(O)O)C(C)C. The van der Waals surface area contributed by atoms with Crippen molar-refractivity contribution in [2.75, 3.05) is 6.61 Å². The van der Waals surface area contributed by atoms with E-state index in [1.54, 1.807) is 27.7 Å². The van der Waals surface area contributed by atoms with Crippen LogP contribution in [0.2, 0.25) is 0 Å². The van der Waals surface area contributed by atoms with Gasteiger partial charge in [0.1, 0.15) is 0 Å². The minimum Gasteiger partial charge on any atom is -0.396 e. The second-order valence-electron chi connectivity index (χ2n) is 5.94. The van der Waals surface area contributed by atoms with Crippen LogP contribution in [0.15, 0.2) is 0 Å². The Labute approximate surface area is 123 Å². The van der Waals surface area contributed by atoms with Gasteiger partial charge < -0.3 is 14.9 Å². The molecule has 5 nitrogen and oxygen atoms in total. The van der Waals surface area contributed by atoms with Gasteiger partial charge in [0.05, 0.1) is 0 Å². The van der Waals surface area contributed by atoms with Crippen molar-refractivity contribution < 1.29 is 33.0 Å². The number of halogens is 2. The van der Waals surface area contributed by atoms with E-state index in [4.69, 9.17) is 14.9 Å². The highest BCUT2D eigenvalue weighted by molar-refractivity contribution is 7.54. The van der Waals surface area contributed by atoms with Gasteiger partial charge in [-0.05, 0) is 24.7 Å². The highest BCUT2D eigenvalue weighted by atomic mass is 31.2. The zero-order valence-corrected chi connectivity index (χ0v) is 13.7. The Bertz CT molecular complexity index is 395. The number of Topliss-reactive ketones (excluding diaryl/α,β-unsaturated/α-hetero) is 1. The molecular formula is C13H25F2O5P. The molecule has 0 spiro atoms. The van der Waals surface area contributed by atoms with Crippen LogP contribution in [0.3, 0.4) is 0 Å². The monoisotopic (exact) mass is 330 g/mol. The highest BCUT2D eigenvalue weighted by Crippen LogP contribution is 2.58. The number of aliphatic hydroxyl groups excluding tert-OH is 1. The fourth-order valence-electron chi connectivity index (χ4n) is 2.82. The van der Waals surface area contributed by atoms with Crippen LogP contribution in [0.4, 0.5) is 8.78 Å². The van der Waals surface area contributed by atoms with Crippen LogP contribution in [-0.4, -0.2) is 32.9 Å². The summed E-state index contributed by atoms with van der Waals surface area (Å²) in [7, 11) is -5.87. The zero-order chi connectivity index (χ0) is 17.1. The van der Waals surface area contributed by atoms with Crippen LogP contribution < -0.4 is 0 Å². The molecule has 0 aromatic heterocycles. The Morgan fingerprint density at radius 2 is 1.52 bits per heavy atom. The number of aliphatic hydroxyl groups is 1. The second-order valence-corrected chi connectivity index (χ2v) is 7.59. The first-order valence-electron chi connectivity index (χ1n) is 6.94. The molecule has 0 heterocycles. The predicted octanol–water partition coefficient (Wildman–Crippen LogP) is 2.79. The van der Waals surface area contributed by atoms with Gasteiger partial charge in [-0.15, -0.1) is 0 Å². The predicted molar refractivity (Wildman–Crippen MR) is 75.0 cm³/mol. The number of alkyl halides is 2. The molecule has 0 aromatic rings. The number of carbonyl (C=O) groups excluding carboxylic acids is 1. The van der Waals surface area contributed by atoms with Gasteiger partial charge in [-0.3, -0.25) is 9.36 Å². The van der Waals surface area contributed by atoms with Gasteiger partial charge >= 0.3 is 13.3 Å². The minimum absolute atomic E-state index is 0.0529. The molecule has 0 radical (unpaired) electrons. The van der Waals surface area contributed by atoms with Crippen molar-refractivity contribution in [1.29, 1.82) is 0 Å². The van der Waals surface area contributed by atoms with Crippen molar-refractivity contribution in [3.8, 4) is 0 Å². The third kappa shape index (κ3) is 4.09. The number of rotatable bonds is 9. The average molecular weight is 330 g/mol. The van der Waals surface area contributed by atoms with E-state index in [0.29, 0.717) is 12.8 Å². The Hall–Kier alpha value is -0.360. The summed E-state index contributed by atoms with van der Waals surface area (Å²) in [5.74, 6) is -2.73. The molecule has 0 amide bonds. The average Bonchev–Trinajstić information content (AvgIpc) is 2.31. The van der Waals surface area contributed by atoms with E-state index in [1.165, 1.54) is 0 Å². The highest BCUT2D eigenvalue weighted by Gasteiger charge is 2.63. The normalized spacial score (nSPS) is 14.0. The van der Waals surface area contributed by atoms with Crippen LogP contribution in [-0.2, 0) is 9.36 Å². The third-order valence-electron chi connectivity index (χ3n) is 4.12. The van der Waals surface area contributed by atoms with E-state index in [9.17, 15) is 18.1 Å². The lowest BCUT2D eigenvalue weighted by molar-refractivity contribution is -0.153. The van der Waals surface area contributed by atoms with Gasteiger partial charge in [-0.2, -0.15) is 8.78 Å². The molecule has 0 bridgehead atoms. The van der Waals surface area contributed by atoms with Gasteiger partial charge in [0.15, 0.2) is 0 Å².